The van der Waals surface area contributed by atoms with Crippen molar-refractivity contribution in [2.75, 3.05) is 11.2 Å². The highest BCUT2D eigenvalue weighted by Crippen LogP contribution is 2.29. The smallest absolute Gasteiger partial charge is 0.467 e. The van der Waals surface area contributed by atoms with Crippen LogP contribution in [0.1, 0.15) is 0 Å². The first-order valence-corrected chi connectivity index (χ1v) is 10.5. The van der Waals surface area contributed by atoms with Crippen LogP contribution in [-0.2, 0) is 9.84 Å². The van der Waals surface area contributed by atoms with E-state index in [2.05, 4.69) is 4.74 Å². The van der Waals surface area contributed by atoms with Gasteiger partial charge in [0.2, 0.25) is 0 Å². The number of sulfone groups is 1. The lowest BCUT2D eigenvalue weighted by molar-refractivity contribution is -0.419. The van der Waals surface area contributed by atoms with Crippen molar-refractivity contribution in [2.45, 2.75) is 17.5 Å². The molecule has 31 heavy (non-hydrogen) atoms. The Morgan fingerprint density at radius 2 is 1.74 bits per heavy atom. The zero-order valence-corrected chi connectivity index (χ0v) is 16.6. The van der Waals surface area contributed by atoms with Crippen molar-refractivity contribution in [1.82, 2.24) is 0 Å². The Morgan fingerprint density at radius 3 is 2.32 bits per heavy atom. The molecule has 8 nitrogen and oxygen atoms in total. The Kier molecular flexibility index (Phi) is 5.93. The molecule has 1 heterocycles. The lowest BCUT2D eigenvalue weighted by Crippen LogP contribution is -2.37. The molecule has 1 aliphatic rings. The number of nitro groups is 1. The first-order chi connectivity index (χ1) is 14.4. The fraction of sp³-hybridized carbons (Fsp3) is 0.158. The number of nitrogens with zero attached hydrogens (tertiary/aromatic N) is 2. The molecule has 3 rings (SSSR count). The third-order valence-electron chi connectivity index (χ3n) is 4.05. The van der Waals surface area contributed by atoms with Crippen LogP contribution in [0.4, 0.5) is 18.9 Å². The van der Waals surface area contributed by atoms with Crippen molar-refractivity contribution in [2.24, 2.45) is 0 Å². The Hall–Kier alpha value is -3.54. The number of ether oxygens (including phenoxy) is 2. The molecule has 0 saturated heterocycles. The van der Waals surface area contributed by atoms with Gasteiger partial charge in [-0.2, -0.15) is 0 Å². The standard InChI is InChI=1S/C19H15F3N2O6S/c1-31(27,28)17-4-2-3-13(11-17)23-12-14(24(25)26)5-10-18(23)29-15-6-8-16(9-7-15)30-19(20,21)22/h2-12,18H,1H3. The second kappa shape index (κ2) is 8.30. The second-order valence-corrected chi connectivity index (χ2v) is 8.39. The van der Waals surface area contributed by atoms with E-state index in [9.17, 15) is 31.7 Å². The molecule has 0 bridgehead atoms. The maximum atomic E-state index is 12.3. The van der Waals surface area contributed by atoms with Crippen LogP contribution in [0.15, 0.2) is 77.5 Å². The summed E-state index contributed by atoms with van der Waals surface area (Å²) in [6.07, 6.45) is -0.993. The van der Waals surface area contributed by atoms with Crippen molar-refractivity contribution >= 4 is 15.5 Å². The number of allylic oxidation sites excluding steroid dienone is 1. The van der Waals surface area contributed by atoms with Gasteiger partial charge in [-0.05, 0) is 48.5 Å². The number of alkyl halides is 3. The van der Waals surface area contributed by atoms with Crippen molar-refractivity contribution in [3.63, 3.8) is 0 Å². The van der Waals surface area contributed by atoms with E-state index in [1.165, 1.54) is 53.6 Å². The molecule has 1 atom stereocenters. The zero-order chi connectivity index (χ0) is 22.8. The molecule has 1 aliphatic heterocycles. The number of hydrogen-bond acceptors (Lipinski definition) is 7. The number of benzene rings is 2. The molecular formula is C19H15F3N2O6S. The fourth-order valence-electron chi connectivity index (χ4n) is 2.69. The summed E-state index contributed by atoms with van der Waals surface area (Å²) in [7, 11) is -3.54. The lowest BCUT2D eigenvalue weighted by Gasteiger charge is -2.30. The van der Waals surface area contributed by atoms with Gasteiger partial charge in [0, 0.05) is 18.0 Å². The van der Waals surface area contributed by atoms with Gasteiger partial charge < -0.3 is 14.4 Å². The van der Waals surface area contributed by atoms with Crippen LogP contribution in [0.5, 0.6) is 11.5 Å². The van der Waals surface area contributed by atoms with E-state index in [1.807, 2.05) is 0 Å². The molecule has 0 aliphatic carbocycles. The summed E-state index contributed by atoms with van der Waals surface area (Å²) in [6.45, 7) is 0. The maximum Gasteiger partial charge on any atom is 0.573 e. The molecule has 0 amide bonds. The number of hydrogen-bond donors (Lipinski definition) is 0. The van der Waals surface area contributed by atoms with Gasteiger partial charge in [0.05, 0.1) is 16.0 Å². The molecular weight excluding hydrogens is 441 g/mol. The van der Waals surface area contributed by atoms with Crippen LogP contribution in [0.2, 0.25) is 0 Å². The van der Waals surface area contributed by atoms with Crippen LogP contribution in [0.3, 0.4) is 0 Å². The minimum absolute atomic E-state index is 0.00279. The molecule has 164 valence electrons. The second-order valence-electron chi connectivity index (χ2n) is 6.37. The monoisotopic (exact) mass is 456 g/mol. The Bertz CT molecular complexity index is 1140. The molecule has 0 saturated carbocycles. The molecule has 12 heteroatoms. The minimum atomic E-state index is -4.83. The van der Waals surface area contributed by atoms with Crippen molar-refractivity contribution in [3.05, 3.63) is 82.7 Å². The number of halogens is 3. The highest BCUT2D eigenvalue weighted by atomic mass is 32.2. The van der Waals surface area contributed by atoms with Gasteiger partial charge >= 0.3 is 6.36 Å². The third-order valence-corrected chi connectivity index (χ3v) is 5.16. The van der Waals surface area contributed by atoms with Gasteiger partial charge in [0.25, 0.3) is 5.70 Å². The molecule has 2 aromatic carbocycles. The van der Waals surface area contributed by atoms with Crippen molar-refractivity contribution < 1.29 is 36.0 Å². The van der Waals surface area contributed by atoms with Gasteiger partial charge in [-0.1, -0.05) is 6.07 Å². The molecule has 0 N–H and O–H groups in total. The van der Waals surface area contributed by atoms with Crippen LogP contribution >= 0.6 is 0 Å². The van der Waals surface area contributed by atoms with Gasteiger partial charge in [0.15, 0.2) is 16.1 Å². The molecule has 0 spiro atoms. The van der Waals surface area contributed by atoms with Crippen LogP contribution in [0, 0.1) is 10.1 Å². The van der Waals surface area contributed by atoms with Crippen LogP contribution in [0.25, 0.3) is 0 Å². The summed E-state index contributed by atoms with van der Waals surface area (Å²) in [4.78, 5) is 11.9. The molecule has 0 aromatic heterocycles. The summed E-state index contributed by atoms with van der Waals surface area (Å²) in [5.74, 6) is -0.279. The normalized spacial score (nSPS) is 16.6. The lowest BCUT2D eigenvalue weighted by atomic mass is 10.2. The highest BCUT2D eigenvalue weighted by Gasteiger charge is 2.31. The van der Waals surface area contributed by atoms with Gasteiger partial charge in [-0.3, -0.25) is 10.1 Å². The van der Waals surface area contributed by atoms with E-state index in [-0.39, 0.29) is 16.3 Å². The molecule has 1 unspecified atom stereocenters. The topological polar surface area (TPSA) is 99.0 Å². The first-order valence-electron chi connectivity index (χ1n) is 8.58. The minimum Gasteiger partial charge on any atom is -0.467 e. The summed E-state index contributed by atoms with van der Waals surface area (Å²) in [5, 5.41) is 11.2. The van der Waals surface area contributed by atoms with Gasteiger partial charge in [0.1, 0.15) is 11.5 Å². The summed E-state index contributed by atoms with van der Waals surface area (Å²) in [6, 6.07) is 10.3. The highest BCUT2D eigenvalue weighted by molar-refractivity contribution is 7.90. The average molecular weight is 456 g/mol. The van der Waals surface area contributed by atoms with Gasteiger partial charge in [-0.25, -0.2) is 8.42 Å². The molecule has 2 aromatic rings. The first kappa shape index (κ1) is 22.2. The van der Waals surface area contributed by atoms with Crippen LogP contribution < -0.4 is 14.4 Å². The maximum absolute atomic E-state index is 12.3. The van der Waals surface area contributed by atoms with Crippen molar-refractivity contribution in [1.29, 1.82) is 0 Å². The summed E-state index contributed by atoms with van der Waals surface area (Å²) >= 11 is 0. The van der Waals surface area contributed by atoms with E-state index in [0.717, 1.165) is 18.4 Å². The van der Waals surface area contributed by atoms with E-state index in [4.69, 9.17) is 4.74 Å². The Morgan fingerprint density at radius 1 is 1.10 bits per heavy atom. The summed E-state index contributed by atoms with van der Waals surface area (Å²) < 4.78 is 70.2. The molecule has 0 fully saturated rings. The Labute approximate surface area is 174 Å². The zero-order valence-electron chi connectivity index (χ0n) is 15.8. The SMILES string of the molecule is CS(=O)(=O)c1cccc(N2C=C([N+](=O)[O-])C=CC2Oc2ccc(OC(F)(F)F)cc2)c1. The fourth-order valence-corrected chi connectivity index (χ4v) is 3.35. The third kappa shape index (κ3) is 5.75. The van der Waals surface area contributed by atoms with E-state index in [1.54, 1.807) is 6.07 Å². The predicted molar refractivity (Wildman–Crippen MR) is 104 cm³/mol. The van der Waals surface area contributed by atoms with Crippen molar-refractivity contribution in [3.8, 4) is 11.5 Å². The largest absolute Gasteiger partial charge is 0.573 e. The van der Waals surface area contributed by atoms with E-state index >= 15 is 0 Å². The molecule has 0 radical (unpaired) electrons. The number of anilines is 1. The predicted octanol–water partition coefficient (Wildman–Crippen LogP) is 3.89. The van der Waals surface area contributed by atoms with E-state index in [0.29, 0.717) is 5.69 Å². The number of rotatable bonds is 6. The average Bonchev–Trinajstić information content (AvgIpc) is 2.68. The van der Waals surface area contributed by atoms with E-state index < -0.39 is 33.1 Å². The summed E-state index contributed by atoms with van der Waals surface area (Å²) in [5.41, 5.74) is 0.0344. The van der Waals surface area contributed by atoms with Crippen LogP contribution in [-0.4, -0.2) is 32.2 Å². The quantitative estimate of drug-likeness (QED) is 0.480. The Balaban J connectivity index is 1.90. The van der Waals surface area contributed by atoms with Gasteiger partial charge in [-0.15, -0.1) is 13.2 Å².